The number of aromatic nitrogens is 1. The lowest BCUT2D eigenvalue weighted by Gasteiger charge is -2.33. The Morgan fingerprint density at radius 2 is 2.24 bits per heavy atom. The summed E-state index contributed by atoms with van der Waals surface area (Å²) < 4.78 is 0. The van der Waals surface area contributed by atoms with Crippen LogP contribution < -0.4 is 4.90 Å². The van der Waals surface area contributed by atoms with E-state index in [1.165, 1.54) is 25.7 Å². The smallest absolute Gasteiger partial charge is 0.146 e. The average molecular weight is 229 g/mol. The van der Waals surface area contributed by atoms with Gasteiger partial charge in [-0.25, -0.2) is 4.98 Å². The maximum atomic E-state index is 9.07. The number of piperidine rings is 1. The summed E-state index contributed by atoms with van der Waals surface area (Å²) in [6.45, 7) is 4.33. The minimum atomic E-state index is 0.696. The summed E-state index contributed by atoms with van der Waals surface area (Å²) in [5.41, 5.74) is 0.696. The molecule has 0 unspecified atom stereocenters. The maximum Gasteiger partial charge on any atom is 0.146 e. The zero-order valence-corrected chi connectivity index (χ0v) is 10.4. The topological polar surface area (TPSA) is 39.9 Å². The summed E-state index contributed by atoms with van der Waals surface area (Å²) >= 11 is 0. The Morgan fingerprint density at radius 3 is 2.88 bits per heavy atom. The van der Waals surface area contributed by atoms with Crippen molar-refractivity contribution in [3.63, 3.8) is 0 Å². The molecule has 1 saturated heterocycles. The van der Waals surface area contributed by atoms with Crippen LogP contribution in [0.5, 0.6) is 0 Å². The fraction of sp³-hybridized carbons (Fsp3) is 0.571. The molecule has 0 aliphatic carbocycles. The Balaban J connectivity index is 2.03. The van der Waals surface area contributed by atoms with Gasteiger partial charge in [0.25, 0.3) is 0 Å². The first-order valence-corrected chi connectivity index (χ1v) is 6.45. The molecule has 0 amide bonds. The lowest BCUT2D eigenvalue weighted by molar-refractivity contribution is 0.377. The zero-order valence-electron chi connectivity index (χ0n) is 10.4. The van der Waals surface area contributed by atoms with E-state index in [-0.39, 0.29) is 0 Å². The van der Waals surface area contributed by atoms with Crippen LogP contribution in [-0.2, 0) is 0 Å². The number of hydrogen-bond acceptors (Lipinski definition) is 3. The highest BCUT2D eigenvalue weighted by Crippen LogP contribution is 2.26. The summed E-state index contributed by atoms with van der Waals surface area (Å²) in [7, 11) is 0. The third-order valence-corrected chi connectivity index (χ3v) is 3.52. The fourth-order valence-electron chi connectivity index (χ4n) is 2.58. The Hall–Kier alpha value is -1.56. The van der Waals surface area contributed by atoms with Crippen LogP contribution in [0.2, 0.25) is 0 Å². The second kappa shape index (κ2) is 5.67. The first-order valence-electron chi connectivity index (χ1n) is 6.45. The summed E-state index contributed by atoms with van der Waals surface area (Å²) in [5.74, 6) is 1.73. The van der Waals surface area contributed by atoms with Crippen LogP contribution in [0.1, 0.15) is 38.2 Å². The van der Waals surface area contributed by atoms with Crippen LogP contribution in [0.4, 0.5) is 5.82 Å². The van der Waals surface area contributed by atoms with Gasteiger partial charge in [0.1, 0.15) is 11.9 Å². The predicted octanol–water partition coefficient (Wildman–Crippen LogP) is 2.97. The lowest BCUT2D eigenvalue weighted by Crippen LogP contribution is -2.34. The standard InChI is InChI=1S/C14H19N3/c1-2-4-12-6-9-17(10-7-12)14-13(11-15)5-3-8-16-14/h3,5,8,12H,2,4,6-7,9-10H2,1H3. The monoisotopic (exact) mass is 229 g/mol. The summed E-state index contributed by atoms with van der Waals surface area (Å²) in [5, 5.41) is 9.07. The van der Waals surface area contributed by atoms with E-state index in [1.54, 1.807) is 6.20 Å². The van der Waals surface area contributed by atoms with Gasteiger partial charge in [0.05, 0.1) is 5.56 Å². The fourth-order valence-corrected chi connectivity index (χ4v) is 2.58. The van der Waals surface area contributed by atoms with Crippen LogP contribution in [0.15, 0.2) is 18.3 Å². The molecule has 2 heterocycles. The van der Waals surface area contributed by atoms with Crippen LogP contribution in [0.25, 0.3) is 0 Å². The minimum Gasteiger partial charge on any atom is -0.356 e. The highest BCUT2D eigenvalue weighted by Gasteiger charge is 2.20. The number of pyridine rings is 1. The molecule has 0 aromatic carbocycles. The molecule has 17 heavy (non-hydrogen) atoms. The molecule has 0 saturated carbocycles. The van der Waals surface area contributed by atoms with Crippen molar-refractivity contribution in [3.8, 4) is 6.07 Å². The normalized spacial score (nSPS) is 16.8. The van der Waals surface area contributed by atoms with E-state index >= 15 is 0 Å². The van der Waals surface area contributed by atoms with E-state index in [1.807, 2.05) is 12.1 Å². The van der Waals surface area contributed by atoms with Gasteiger partial charge in [0.15, 0.2) is 0 Å². The number of rotatable bonds is 3. The van der Waals surface area contributed by atoms with Gasteiger partial charge in [-0.2, -0.15) is 5.26 Å². The van der Waals surface area contributed by atoms with Crippen LogP contribution >= 0.6 is 0 Å². The molecule has 1 aromatic heterocycles. The summed E-state index contributed by atoms with van der Waals surface area (Å²) in [4.78, 5) is 6.60. The lowest BCUT2D eigenvalue weighted by atomic mass is 9.92. The van der Waals surface area contributed by atoms with Crippen molar-refractivity contribution in [2.75, 3.05) is 18.0 Å². The molecule has 2 rings (SSSR count). The highest BCUT2D eigenvalue weighted by molar-refractivity contribution is 5.53. The third kappa shape index (κ3) is 2.76. The SMILES string of the molecule is CCCC1CCN(c2ncccc2C#N)CC1. The Kier molecular flexibility index (Phi) is 3.98. The molecule has 0 N–H and O–H groups in total. The van der Waals surface area contributed by atoms with E-state index < -0.39 is 0 Å². The van der Waals surface area contributed by atoms with Crippen molar-refractivity contribution in [2.24, 2.45) is 5.92 Å². The molecule has 90 valence electrons. The Labute approximate surface area is 103 Å². The van der Waals surface area contributed by atoms with Gasteiger partial charge >= 0.3 is 0 Å². The van der Waals surface area contributed by atoms with Gasteiger partial charge in [-0.1, -0.05) is 19.8 Å². The molecule has 1 aliphatic heterocycles. The predicted molar refractivity (Wildman–Crippen MR) is 68.8 cm³/mol. The average Bonchev–Trinajstić information content (AvgIpc) is 2.40. The molecule has 1 aliphatic rings. The van der Waals surface area contributed by atoms with Gasteiger partial charge in [-0.3, -0.25) is 0 Å². The van der Waals surface area contributed by atoms with Crippen molar-refractivity contribution in [1.82, 2.24) is 4.98 Å². The van der Waals surface area contributed by atoms with E-state index in [4.69, 9.17) is 5.26 Å². The van der Waals surface area contributed by atoms with E-state index in [0.29, 0.717) is 5.56 Å². The molecular weight excluding hydrogens is 210 g/mol. The van der Waals surface area contributed by atoms with Crippen LogP contribution in [0.3, 0.4) is 0 Å². The first kappa shape index (κ1) is 11.9. The minimum absolute atomic E-state index is 0.696. The number of hydrogen-bond donors (Lipinski definition) is 0. The molecule has 1 fully saturated rings. The molecule has 0 radical (unpaired) electrons. The second-order valence-corrected chi connectivity index (χ2v) is 4.71. The van der Waals surface area contributed by atoms with Crippen LogP contribution in [-0.4, -0.2) is 18.1 Å². The highest BCUT2D eigenvalue weighted by atomic mass is 15.2. The summed E-state index contributed by atoms with van der Waals surface area (Å²) in [6, 6.07) is 5.90. The zero-order chi connectivity index (χ0) is 12.1. The Morgan fingerprint density at radius 1 is 1.47 bits per heavy atom. The van der Waals surface area contributed by atoms with Crippen molar-refractivity contribution >= 4 is 5.82 Å². The first-order chi connectivity index (χ1) is 8.35. The molecular formula is C14H19N3. The molecule has 0 atom stereocenters. The molecule has 1 aromatic rings. The van der Waals surface area contributed by atoms with Crippen molar-refractivity contribution in [2.45, 2.75) is 32.6 Å². The third-order valence-electron chi connectivity index (χ3n) is 3.52. The van der Waals surface area contributed by atoms with Gasteiger partial charge < -0.3 is 4.90 Å². The largest absolute Gasteiger partial charge is 0.356 e. The number of nitrogens with zero attached hydrogens (tertiary/aromatic N) is 3. The van der Waals surface area contributed by atoms with Crippen LogP contribution in [0, 0.1) is 17.2 Å². The second-order valence-electron chi connectivity index (χ2n) is 4.71. The summed E-state index contributed by atoms with van der Waals surface area (Å²) in [6.07, 6.45) is 6.84. The van der Waals surface area contributed by atoms with Crippen molar-refractivity contribution in [3.05, 3.63) is 23.9 Å². The van der Waals surface area contributed by atoms with Gasteiger partial charge in [-0.15, -0.1) is 0 Å². The molecule has 0 bridgehead atoms. The maximum absolute atomic E-state index is 9.07. The van der Waals surface area contributed by atoms with E-state index in [0.717, 1.165) is 24.8 Å². The number of anilines is 1. The molecule has 3 heteroatoms. The molecule has 3 nitrogen and oxygen atoms in total. The molecule has 0 spiro atoms. The van der Waals surface area contributed by atoms with Gasteiger partial charge in [0.2, 0.25) is 0 Å². The van der Waals surface area contributed by atoms with Gasteiger partial charge in [0, 0.05) is 19.3 Å². The van der Waals surface area contributed by atoms with Gasteiger partial charge in [-0.05, 0) is 30.9 Å². The quantitative estimate of drug-likeness (QED) is 0.800. The Bertz CT molecular complexity index is 400. The number of nitriles is 1. The van der Waals surface area contributed by atoms with Crippen molar-refractivity contribution in [1.29, 1.82) is 5.26 Å². The van der Waals surface area contributed by atoms with E-state index in [2.05, 4.69) is 22.9 Å². The van der Waals surface area contributed by atoms with E-state index in [9.17, 15) is 0 Å². The van der Waals surface area contributed by atoms with Crippen molar-refractivity contribution < 1.29 is 0 Å².